The number of rotatable bonds is 6. The summed E-state index contributed by atoms with van der Waals surface area (Å²) in [4.78, 5) is 14.6. The number of benzene rings is 2. The van der Waals surface area contributed by atoms with Crippen LogP contribution in [0.2, 0.25) is 0 Å². The standard InChI is InChI=1S/C23H28N2O3/c1-27-20-8-3-7-19(16-20)22-9-4-13-25(22)23(26)24-12-14-28-21-11-10-17-5-2-6-18(17)15-21/h3,7-8,10-11,15-16,22H,2,4-6,9,12-14H2,1H3,(H,24,26). The average molecular weight is 380 g/mol. The maximum Gasteiger partial charge on any atom is 0.318 e. The second-order valence-electron chi connectivity index (χ2n) is 7.49. The van der Waals surface area contributed by atoms with Gasteiger partial charge in [-0.25, -0.2) is 4.79 Å². The summed E-state index contributed by atoms with van der Waals surface area (Å²) in [5, 5.41) is 3.01. The zero-order valence-corrected chi connectivity index (χ0v) is 16.4. The molecule has 2 aromatic rings. The number of nitrogens with one attached hydrogen (secondary N) is 1. The quantitative estimate of drug-likeness (QED) is 0.768. The monoisotopic (exact) mass is 380 g/mol. The van der Waals surface area contributed by atoms with Crippen molar-refractivity contribution in [3.8, 4) is 11.5 Å². The van der Waals surface area contributed by atoms with Gasteiger partial charge in [0.25, 0.3) is 0 Å². The molecule has 2 amide bonds. The highest BCUT2D eigenvalue weighted by Gasteiger charge is 2.30. The van der Waals surface area contributed by atoms with E-state index >= 15 is 0 Å². The normalized spacial score (nSPS) is 18.0. The molecule has 1 atom stereocenters. The highest BCUT2D eigenvalue weighted by Crippen LogP contribution is 2.33. The van der Waals surface area contributed by atoms with Crippen LogP contribution in [0.4, 0.5) is 4.79 Å². The Balaban J connectivity index is 1.28. The molecular formula is C23H28N2O3. The van der Waals surface area contributed by atoms with Gasteiger partial charge in [-0.15, -0.1) is 0 Å². The molecule has 1 saturated heterocycles. The Labute approximate surface area is 166 Å². The van der Waals surface area contributed by atoms with Crippen LogP contribution in [-0.2, 0) is 12.8 Å². The second kappa shape index (κ2) is 8.55. The molecule has 1 N–H and O–H groups in total. The van der Waals surface area contributed by atoms with Crippen LogP contribution in [0.15, 0.2) is 42.5 Å². The molecule has 5 nitrogen and oxygen atoms in total. The van der Waals surface area contributed by atoms with E-state index in [1.807, 2.05) is 29.2 Å². The van der Waals surface area contributed by atoms with Gasteiger partial charge in [-0.2, -0.15) is 0 Å². The first-order valence-electron chi connectivity index (χ1n) is 10.2. The van der Waals surface area contributed by atoms with Gasteiger partial charge < -0.3 is 19.7 Å². The minimum absolute atomic E-state index is 0.0251. The molecule has 1 unspecified atom stereocenters. The van der Waals surface area contributed by atoms with Gasteiger partial charge in [0.2, 0.25) is 0 Å². The molecule has 0 saturated carbocycles. The molecule has 1 fully saturated rings. The van der Waals surface area contributed by atoms with Crippen LogP contribution in [0.5, 0.6) is 11.5 Å². The lowest BCUT2D eigenvalue weighted by molar-refractivity contribution is 0.190. The minimum Gasteiger partial charge on any atom is -0.497 e. The van der Waals surface area contributed by atoms with E-state index in [-0.39, 0.29) is 12.1 Å². The van der Waals surface area contributed by atoms with Crippen LogP contribution in [-0.4, -0.2) is 37.7 Å². The number of carbonyl (C=O) groups is 1. The molecule has 1 heterocycles. The zero-order chi connectivity index (χ0) is 19.3. The number of nitrogens with zero attached hydrogens (tertiary/aromatic N) is 1. The molecule has 0 radical (unpaired) electrons. The van der Waals surface area contributed by atoms with Gasteiger partial charge >= 0.3 is 6.03 Å². The van der Waals surface area contributed by atoms with E-state index in [9.17, 15) is 4.79 Å². The van der Waals surface area contributed by atoms with Gasteiger partial charge in [0.05, 0.1) is 19.7 Å². The summed E-state index contributed by atoms with van der Waals surface area (Å²) in [6, 6.07) is 14.4. The molecule has 1 aliphatic heterocycles. The molecule has 0 spiro atoms. The van der Waals surface area contributed by atoms with Gasteiger partial charge in [0.15, 0.2) is 0 Å². The Bertz CT molecular complexity index is 836. The van der Waals surface area contributed by atoms with Crippen molar-refractivity contribution in [2.24, 2.45) is 0 Å². The first kappa shape index (κ1) is 18.7. The van der Waals surface area contributed by atoms with E-state index in [0.717, 1.165) is 42.9 Å². The molecule has 0 bridgehead atoms. The molecular weight excluding hydrogens is 352 g/mol. The molecule has 2 aromatic carbocycles. The largest absolute Gasteiger partial charge is 0.497 e. The fourth-order valence-corrected chi connectivity index (χ4v) is 4.27. The third kappa shape index (κ3) is 4.08. The van der Waals surface area contributed by atoms with Crippen molar-refractivity contribution in [1.29, 1.82) is 0 Å². The number of fused-ring (bicyclic) bond motifs is 1. The lowest BCUT2D eigenvalue weighted by atomic mass is 10.0. The maximum absolute atomic E-state index is 12.7. The molecule has 0 aromatic heterocycles. The molecule has 1 aliphatic carbocycles. The summed E-state index contributed by atoms with van der Waals surface area (Å²) in [6.45, 7) is 1.75. The smallest absolute Gasteiger partial charge is 0.318 e. The Morgan fingerprint density at radius 1 is 1.11 bits per heavy atom. The summed E-state index contributed by atoms with van der Waals surface area (Å²) in [5.74, 6) is 1.72. The number of ether oxygens (including phenoxy) is 2. The fraction of sp³-hybridized carbons (Fsp3) is 0.435. The van der Waals surface area contributed by atoms with Crippen molar-refractivity contribution in [2.45, 2.75) is 38.1 Å². The fourth-order valence-electron chi connectivity index (χ4n) is 4.27. The Hall–Kier alpha value is -2.69. The van der Waals surface area contributed by atoms with Crippen molar-refractivity contribution in [3.05, 3.63) is 59.2 Å². The third-order valence-electron chi connectivity index (χ3n) is 5.71. The average Bonchev–Trinajstić information content (AvgIpc) is 3.40. The number of amides is 2. The topological polar surface area (TPSA) is 50.8 Å². The van der Waals surface area contributed by atoms with E-state index in [1.54, 1.807) is 7.11 Å². The second-order valence-corrected chi connectivity index (χ2v) is 7.49. The number of hydrogen-bond acceptors (Lipinski definition) is 3. The third-order valence-corrected chi connectivity index (χ3v) is 5.71. The van der Waals surface area contributed by atoms with Crippen LogP contribution in [0, 0.1) is 0 Å². The Kier molecular flexibility index (Phi) is 5.70. The number of carbonyl (C=O) groups excluding carboxylic acids is 1. The predicted molar refractivity (Wildman–Crippen MR) is 109 cm³/mol. The summed E-state index contributed by atoms with van der Waals surface area (Å²) >= 11 is 0. The van der Waals surface area contributed by atoms with Gasteiger partial charge in [-0.05, 0) is 73.1 Å². The predicted octanol–water partition coefficient (Wildman–Crippen LogP) is 4.11. The van der Waals surface area contributed by atoms with E-state index in [4.69, 9.17) is 9.47 Å². The van der Waals surface area contributed by atoms with Crippen LogP contribution in [0.1, 0.15) is 42.0 Å². The number of methoxy groups -OCH3 is 1. The maximum atomic E-state index is 12.7. The minimum atomic E-state index is -0.0251. The number of urea groups is 1. The molecule has 4 rings (SSSR count). The van der Waals surface area contributed by atoms with Crippen molar-refractivity contribution in [1.82, 2.24) is 10.2 Å². The number of aryl methyl sites for hydroxylation is 2. The summed E-state index contributed by atoms with van der Waals surface area (Å²) in [7, 11) is 1.67. The van der Waals surface area contributed by atoms with Crippen LogP contribution in [0.3, 0.4) is 0 Å². The Morgan fingerprint density at radius 2 is 2.00 bits per heavy atom. The van der Waals surface area contributed by atoms with E-state index in [0.29, 0.717) is 13.2 Å². The summed E-state index contributed by atoms with van der Waals surface area (Å²) < 4.78 is 11.2. The van der Waals surface area contributed by atoms with Crippen molar-refractivity contribution >= 4 is 6.03 Å². The van der Waals surface area contributed by atoms with Gasteiger partial charge in [-0.1, -0.05) is 18.2 Å². The first-order valence-corrected chi connectivity index (χ1v) is 10.2. The van der Waals surface area contributed by atoms with Gasteiger partial charge in [-0.3, -0.25) is 0 Å². The van der Waals surface area contributed by atoms with Crippen molar-refractivity contribution in [2.75, 3.05) is 26.8 Å². The molecule has 148 valence electrons. The van der Waals surface area contributed by atoms with Crippen molar-refractivity contribution < 1.29 is 14.3 Å². The lowest BCUT2D eigenvalue weighted by Gasteiger charge is -2.25. The summed E-state index contributed by atoms with van der Waals surface area (Å²) in [5.41, 5.74) is 3.97. The lowest BCUT2D eigenvalue weighted by Crippen LogP contribution is -2.41. The van der Waals surface area contributed by atoms with E-state index < -0.39 is 0 Å². The summed E-state index contributed by atoms with van der Waals surface area (Å²) in [6.07, 6.45) is 5.55. The van der Waals surface area contributed by atoms with Gasteiger partial charge in [0, 0.05) is 6.54 Å². The Morgan fingerprint density at radius 3 is 2.89 bits per heavy atom. The van der Waals surface area contributed by atoms with Crippen LogP contribution < -0.4 is 14.8 Å². The molecule has 2 aliphatic rings. The number of hydrogen-bond donors (Lipinski definition) is 1. The van der Waals surface area contributed by atoms with E-state index in [2.05, 4.69) is 23.5 Å². The van der Waals surface area contributed by atoms with Crippen molar-refractivity contribution in [3.63, 3.8) is 0 Å². The zero-order valence-electron chi connectivity index (χ0n) is 16.4. The SMILES string of the molecule is COc1cccc(C2CCCN2C(=O)NCCOc2ccc3c(c2)CCC3)c1. The molecule has 5 heteroatoms. The highest BCUT2D eigenvalue weighted by molar-refractivity contribution is 5.75. The van der Waals surface area contributed by atoms with Crippen LogP contribution >= 0.6 is 0 Å². The van der Waals surface area contributed by atoms with Gasteiger partial charge in [0.1, 0.15) is 18.1 Å². The van der Waals surface area contributed by atoms with Crippen LogP contribution in [0.25, 0.3) is 0 Å². The first-order chi connectivity index (χ1) is 13.7. The molecule has 28 heavy (non-hydrogen) atoms. The highest BCUT2D eigenvalue weighted by atomic mass is 16.5. The van der Waals surface area contributed by atoms with E-state index in [1.165, 1.54) is 24.0 Å². The number of likely N-dealkylation sites (tertiary alicyclic amines) is 1.